The predicted molar refractivity (Wildman–Crippen MR) is 147 cm³/mol. The van der Waals surface area contributed by atoms with Gasteiger partial charge in [0, 0.05) is 12.8 Å². The molecule has 3 aromatic rings. The summed E-state index contributed by atoms with van der Waals surface area (Å²) in [6.45, 7) is 3.59. The molecule has 0 saturated carbocycles. The number of carbonyl (C=O) groups excluding carboxylic acids is 3. The van der Waals surface area contributed by atoms with E-state index in [1.165, 1.54) is 6.07 Å². The van der Waals surface area contributed by atoms with Crippen LogP contribution >= 0.6 is 0 Å². The summed E-state index contributed by atoms with van der Waals surface area (Å²) in [6.07, 6.45) is -0.429. The summed E-state index contributed by atoms with van der Waals surface area (Å²) < 4.78 is 0.798. The monoisotopic (exact) mass is 551 g/mol. The molecule has 3 rings (SSSR count). The maximum absolute atomic E-state index is 13.7. The lowest BCUT2D eigenvalue weighted by atomic mass is 10.0. The normalized spacial score (nSPS) is 13.4. The first-order valence-electron chi connectivity index (χ1n) is 12.9. The van der Waals surface area contributed by atoms with Crippen LogP contribution in [-0.4, -0.2) is 50.4 Å². The summed E-state index contributed by atoms with van der Waals surface area (Å²) in [4.78, 5) is 79.1. The van der Waals surface area contributed by atoms with E-state index in [9.17, 15) is 33.9 Å². The van der Waals surface area contributed by atoms with E-state index >= 15 is 0 Å². The zero-order valence-electron chi connectivity index (χ0n) is 22.3. The highest BCUT2D eigenvalue weighted by Gasteiger charge is 2.31. The molecule has 3 atom stereocenters. The average Bonchev–Trinajstić information content (AvgIpc) is 2.90. The van der Waals surface area contributed by atoms with Crippen LogP contribution in [0.4, 0.5) is 0 Å². The Morgan fingerprint density at radius 1 is 0.925 bits per heavy atom. The molecule has 40 heavy (non-hydrogen) atoms. The number of benzene rings is 2. The SMILES string of the molecule is CC(C)C[C@H](NC(=O)[C@H](CCC(N)=O)NC(=O)[C@H](Cc1ccccc1)n1c(=O)[nH]c2ccccc2c1=O)C(=O)O. The van der Waals surface area contributed by atoms with Crippen LogP contribution in [0.2, 0.25) is 0 Å². The van der Waals surface area contributed by atoms with Gasteiger partial charge in [0.05, 0.1) is 10.9 Å². The second kappa shape index (κ2) is 13.4. The number of carbonyl (C=O) groups is 4. The van der Waals surface area contributed by atoms with Gasteiger partial charge in [-0.2, -0.15) is 0 Å². The summed E-state index contributed by atoms with van der Waals surface area (Å²) >= 11 is 0. The molecule has 12 heteroatoms. The number of hydrogen-bond donors (Lipinski definition) is 5. The Bertz CT molecular complexity index is 1500. The van der Waals surface area contributed by atoms with Gasteiger partial charge in [-0.1, -0.05) is 56.3 Å². The zero-order valence-corrected chi connectivity index (χ0v) is 22.3. The molecule has 1 heterocycles. The van der Waals surface area contributed by atoms with Gasteiger partial charge >= 0.3 is 11.7 Å². The number of para-hydroxylation sites is 1. The number of nitrogens with zero attached hydrogens (tertiary/aromatic N) is 1. The van der Waals surface area contributed by atoms with Crippen molar-refractivity contribution in [2.24, 2.45) is 11.7 Å². The van der Waals surface area contributed by atoms with E-state index in [-0.39, 0.29) is 37.0 Å². The Morgan fingerprint density at radius 2 is 1.55 bits per heavy atom. The minimum absolute atomic E-state index is 0.0539. The molecule has 0 fully saturated rings. The fourth-order valence-corrected chi connectivity index (χ4v) is 4.39. The molecule has 2 aromatic carbocycles. The molecule has 212 valence electrons. The number of amides is 3. The molecule has 0 unspecified atom stereocenters. The van der Waals surface area contributed by atoms with Crippen molar-refractivity contribution in [1.29, 1.82) is 0 Å². The number of rotatable bonds is 13. The van der Waals surface area contributed by atoms with Crippen LogP contribution < -0.4 is 27.6 Å². The highest BCUT2D eigenvalue weighted by molar-refractivity contribution is 5.92. The number of aromatic nitrogens is 2. The Labute approximate surface area is 229 Å². The third-order valence-corrected chi connectivity index (χ3v) is 6.36. The minimum Gasteiger partial charge on any atom is -0.480 e. The molecule has 0 aliphatic heterocycles. The van der Waals surface area contributed by atoms with E-state index in [4.69, 9.17) is 5.73 Å². The van der Waals surface area contributed by atoms with Crippen LogP contribution in [0.15, 0.2) is 64.2 Å². The first-order valence-corrected chi connectivity index (χ1v) is 12.9. The summed E-state index contributed by atoms with van der Waals surface area (Å²) in [5.41, 5.74) is 4.69. The zero-order chi connectivity index (χ0) is 29.4. The molecule has 0 aliphatic carbocycles. The van der Waals surface area contributed by atoms with Crippen molar-refractivity contribution in [2.75, 3.05) is 0 Å². The lowest BCUT2D eigenvalue weighted by Crippen LogP contribution is -2.54. The number of carboxylic acids is 1. The molecular formula is C28H33N5O7. The predicted octanol–water partition coefficient (Wildman–Crippen LogP) is 0.839. The Kier molecular flexibility index (Phi) is 9.96. The van der Waals surface area contributed by atoms with Gasteiger partial charge in [0.2, 0.25) is 17.7 Å². The molecule has 0 bridgehead atoms. The van der Waals surface area contributed by atoms with E-state index in [0.717, 1.165) is 4.57 Å². The van der Waals surface area contributed by atoms with Gasteiger partial charge in [0.1, 0.15) is 18.1 Å². The number of hydrogen-bond acceptors (Lipinski definition) is 6. The van der Waals surface area contributed by atoms with Crippen LogP contribution in [0, 0.1) is 5.92 Å². The number of aromatic amines is 1. The maximum atomic E-state index is 13.7. The van der Waals surface area contributed by atoms with Crippen LogP contribution in [0.25, 0.3) is 10.9 Å². The molecule has 6 N–H and O–H groups in total. The van der Waals surface area contributed by atoms with Crippen molar-refractivity contribution in [2.45, 2.75) is 57.7 Å². The summed E-state index contributed by atoms with van der Waals surface area (Å²) in [5, 5.41) is 14.7. The van der Waals surface area contributed by atoms with Gasteiger partial charge in [-0.05, 0) is 36.5 Å². The summed E-state index contributed by atoms with van der Waals surface area (Å²) in [5.74, 6) is -3.71. The van der Waals surface area contributed by atoms with E-state index in [1.54, 1.807) is 62.4 Å². The highest BCUT2D eigenvalue weighted by Crippen LogP contribution is 2.15. The molecule has 0 spiro atoms. The quantitative estimate of drug-likeness (QED) is 0.208. The van der Waals surface area contributed by atoms with Gasteiger partial charge in [0.15, 0.2) is 0 Å². The summed E-state index contributed by atoms with van der Waals surface area (Å²) in [6, 6.07) is 11.1. The van der Waals surface area contributed by atoms with Crippen molar-refractivity contribution in [3.05, 3.63) is 81.0 Å². The minimum atomic E-state index is -1.38. The van der Waals surface area contributed by atoms with Crippen LogP contribution in [0.1, 0.15) is 44.7 Å². The fraction of sp³-hybridized carbons (Fsp3) is 0.357. The second-order valence-electron chi connectivity index (χ2n) is 9.95. The highest BCUT2D eigenvalue weighted by atomic mass is 16.4. The van der Waals surface area contributed by atoms with Crippen molar-refractivity contribution in [1.82, 2.24) is 20.2 Å². The molecule has 1 aromatic heterocycles. The van der Waals surface area contributed by atoms with Gasteiger partial charge < -0.3 is 26.5 Å². The van der Waals surface area contributed by atoms with Crippen molar-refractivity contribution < 1.29 is 24.3 Å². The van der Waals surface area contributed by atoms with Crippen LogP contribution in [-0.2, 0) is 25.6 Å². The van der Waals surface area contributed by atoms with Gasteiger partial charge in [-0.3, -0.25) is 19.2 Å². The molecule has 0 aliphatic rings. The molecular weight excluding hydrogens is 518 g/mol. The third kappa shape index (κ3) is 7.65. The molecule has 12 nitrogen and oxygen atoms in total. The van der Waals surface area contributed by atoms with Gasteiger partial charge in [0.25, 0.3) is 5.56 Å². The number of primary amides is 1. The number of nitrogens with two attached hydrogens (primary N) is 1. The Balaban J connectivity index is 2.01. The number of aliphatic carboxylic acids is 1. The fourth-order valence-electron chi connectivity index (χ4n) is 4.39. The lowest BCUT2D eigenvalue weighted by Gasteiger charge is -2.25. The van der Waals surface area contributed by atoms with Gasteiger partial charge in [-0.25, -0.2) is 14.2 Å². The number of nitrogens with one attached hydrogen (secondary N) is 3. The number of fused-ring (bicyclic) bond motifs is 1. The average molecular weight is 552 g/mol. The van der Waals surface area contributed by atoms with Crippen molar-refractivity contribution in [3.63, 3.8) is 0 Å². The summed E-state index contributed by atoms with van der Waals surface area (Å²) in [7, 11) is 0. The van der Waals surface area contributed by atoms with Crippen LogP contribution in [0.3, 0.4) is 0 Å². The molecule has 0 saturated heterocycles. The largest absolute Gasteiger partial charge is 0.480 e. The number of H-pyrrole nitrogens is 1. The topological polar surface area (TPSA) is 193 Å². The number of carboxylic acid groups (broad SMARTS) is 1. The Hall–Kier alpha value is -4.74. The van der Waals surface area contributed by atoms with Crippen LogP contribution in [0.5, 0.6) is 0 Å². The Morgan fingerprint density at radius 3 is 2.17 bits per heavy atom. The van der Waals surface area contributed by atoms with E-state index in [2.05, 4.69) is 15.6 Å². The lowest BCUT2D eigenvalue weighted by molar-refractivity contribution is -0.143. The second-order valence-corrected chi connectivity index (χ2v) is 9.95. The van der Waals surface area contributed by atoms with E-state index in [0.29, 0.717) is 11.1 Å². The third-order valence-electron chi connectivity index (χ3n) is 6.36. The van der Waals surface area contributed by atoms with E-state index in [1.807, 2.05) is 0 Å². The first kappa shape index (κ1) is 29.8. The molecule has 3 amide bonds. The maximum Gasteiger partial charge on any atom is 0.329 e. The van der Waals surface area contributed by atoms with Crippen molar-refractivity contribution in [3.8, 4) is 0 Å². The van der Waals surface area contributed by atoms with Gasteiger partial charge in [-0.15, -0.1) is 0 Å². The molecule has 0 radical (unpaired) electrons. The van der Waals surface area contributed by atoms with E-state index < -0.39 is 53.1 Å². The smallest absolute Gasteiger partial charge is 0.329 e. The first-order chi connectivity index (χ1) is 19.0. The standard InChI is InChI=1S/C28H33N5O7/c1-16(2)14-21(27(38)39)31-24(35)20(12-13-23(29)34)30-25(36)22(15-17-8-4-3-5-9-17)33-26(37)18-10-6-7-11-19(18)32-28(33)40/h3-11,16,20-22H,12-15H2,1-2H3,(H2,29,34)(H,30,36)(H,31,35)(H,32,40)(H,38,39)/t20-,21-,22-/m0/s1. The van der Waals surface area contributed by atoms with Crippen molar-refractivity contribution >= 4 is 34.6 Å².